The van der Waals surface area contributed by atoms with Crippen molar-refractivity contribution in [3.05, 3.63) is 65.7 Å². The summed E-state index contributed by atoms with van der Waals surface area (Å²) < 4.78 is 5.65. The monoisotopic (exact) mass is 354 g/mol. The first-order valence-electron chi connectivity index (χ1n) is 8.98. The van der Waals surface area contributed by atoms with Gasteiger partial charge >= 0.3 is 0 Å². The summed E-state index contributed by atoms with van der Waals surface area (Å²) in [6, 6.07) is 17.9. The zero-order chi connectivity index (χ0) is 19.2. The van der Waals surface area contributed by atoms with Gasteiger partial charge in [0, 0.05) is 6.54 Å². The molecular weight excluding hydrogens is 324 g/mol. The second-order valence-electron chi connectivity index (χ2n) is 7.86. The minimum Gasteiger partial charge on any atom is -0.484 e. The highest BCUT2D eigenvalue weighted by Gasteiger charge is 2.16. The number of hydrogen-bond acceptors (Lipinski definition) is 3. The van der Waals surface area contributed by atoms with Crippen molar-refractivity contribution in [3.63, 3.8) is 0 Å². The normalized spacial score (nSPS) is 12.7. The van der Waals surface area contributed by atoms with Gasteiger partial charge in [-0.15, -0.1) is 0 Å². The highest BCUT2D eigenvalue weighted by molar-refractivity contribution is 5.78. The lowest BCUT2D eigenvalue weighted by atomic mass is 9.87. The number of likely N-dealkylation sites (N-methyl/N-ethyl adjacent to an activating group) is 1. The third-order valence-electron chi connectivity index (χ3n) is 4.18. The van der Waals surface area contributed by atoms with Crippen LogP contribution in [0.3, 0.4) is 0 Å². The van der Waals surface area contributed by atoms with Crippen LogP contribution in [0.5, 0.6) is 5.75 Å². The molecule has 4 heteroatoms. The molecule has 0 heterocycles. The fraction of sp³-hybridized carbons (Fsp3) is 0.409. The van der Waals surface area contributed by atoms with E-state index < -0.39 is 0 Å². The number of rotatable bonds is 7. The maximum absolute atomic E-state index is 12.4. The summed E-state index contributed by atoms with van der Waals surface area (Å²) in [6.07, 6.45) is 0. The van der Waals surface area contributed by atoms with Crippen LogP contribution in [0.2, 0.25) is 0 Å². The van der Waals surface area contributed by atoms with E-state index in [1.54, 1.807) is 0 Å². The molecule has 2 aromatic rings. The van der Waals surface area contributed by atoms with Gasteiger partial charge < -0.3 is 15.0 Å². The number of carbonyl (C=O) groups excluding carboxylic acids is 1. The highest BCUT2D eigenvalue weighted by atomic mass is 16.5. The zero-order valence-corrected chi connectivity index (χ0v) is 16.5. The van der Waals surface area contributed by atoms with Crippen molar-refractivity contribution in [1.29, 1.82) is 0 Å². The van der Waals surface area contributed by atoms with Crippen LogP contribution in [-0.2, 0) is 10.2 Å². The summed E-state index contributed by atoms with van der Waals surface area (Å²) in [7, 11) is 3.99. The second-order valence-corrected chi connectivity index (χ2v) is 7.86. The Morgan fingerprint density at radius 2 is 1.65 bits per heavy atom. The molecule has 1 amide bonds. The smallest absolute Gasteiger partial charge is 0.258 e. The van der Waals surface area contributed by atoms with Crippen LogP contribution < -0.4 is 10.1 Å². The molecule has 140 valence electrons. The van der Waals surface area contributed by atoms with E-state index in [0.29, 0.717) is 5.75 Å². The van der Waals surface area contributed by atoms with Crippen LogP contribution >= 0.6 is 0 Å². The topological polar surface area (TPSA) is 41.6 Å². The Balaban J connectivity index is 1.93. The molecule has 0 aromatic heterocycles. The van der Waals surface area contributed by atoms with Gasteiger partial charge in [-0.25, -0.2) is 0 Å². The van der Waals surface area contributed by atoms with E-state index in [0.717, 1.165) is 12.1 Å². The Morgan fingerprint density at radius 3 is 2.19 bits per heavy atom. The molecule has 1 atom stereocenters. The fourth-order valence-electron chi connectivity index (χ4n) is 2.72. The summed E-state index contributed by atoms with van der Waals surface area (Å²) in [6.45, 7) is 7.25. The number of hydrogen-bond donors (Lipinski definition) is 1. The van der Waals surface area contributed by atoms with Crippen molar-refractivity contribution in [2.75, 3.05) is 27.2 Å². The van der Waals surface area contributed by atoms with Crippen LogP contribution in [0, 0.1) is 0 Å². The molecule has 0 aliphatic carbocycles. The quantitative estimate of drug-likeness (QED) is 0.823. The van der Waals surface area contributed by atoms with Gasteiger partial charge in [0.1, 0.15) is 5.75 Å². The summed E-state index contributed by atoms with van der Waals surface area (Å²) in [4.78, 5) is 14.4. The molecule has 0 unspecified atom stereocenters. The number of nitrogens with one attached hydrogen (secondary N) is 1. The standard InChI is InChI=1S/C22H30N2O2/c1-22(2,3)18-11-13-19(14-12-18)26-16-21(25)23-20(15-24(4)5)17-9-7-6-8-10-17/h6-14,20H,15-16H2,1-5H3,(H,23,25)/t20-/m0/s1. The van der Waals surface area contributed by atoms with Crippen molar-refractivity contribution >= 4 is 5.91 Å². The second kappa shape index (κ2) is 8.86. The van der Waals surface area contributed by atoms with Crippen LogP contribution in [0.15, 0.2) is 54.6 Å². The molecule has 0 aliphatic rings. The first-order valence-corrected chi connectivity index (χ1v) is 8.98. The SMILES string of the molecule is CN(C)C[C@H](NC(=O)COc1ccc(C(C)(C)C)cc1)c1ccccc1. The van der Waals surface area contributed by atoms with E-state index in [-0.39, 0.29) is 24.0 Å². The summed E-state index contributed by atoms with van der Waals surface area (Å²) >= 11 is 0. The third-order valence-corrected chi connectivity index (χ3v) is 4.18. The van der Waals surface area contributed by atoms with Crippen LogP contribution in [0.25, 0.3) is 0 Å². The van der Waals surface area contributed by atoms with Crippen LogP contribution in [-0.4, -0.2) is 38.1 Å². The van der Waals surface area contributed by atoms with E-state index in [4.69, 9.17) is 4.74 Å². The molecule has 0 bridgehead atoms. The predicted molar refractivity (Wildman–Crippen MR) is 107 cm³/mol. The molecule has 0 saturated carbocycles. The lowest BCUT2D eigenvalue weighted by molar-refractivity contribution is -0.124. The minimum atomic E-state index is -0.124. The molecule has 0 radical (unpaired) electrons. The molecule has 0 spiro atoms. The minimum absolute atomic E-state index is 0.00558. The molecule has 26 heavy (non-hydrogen) atoms. The highest BCUT2D eigenvalue weighted by Crippen LogP contribution is 2.24. The summed E-state index contributed by atoms with van der Waals surface area (Å²) in [5.41, 5.74) is 2.43. The van der Waals surface area contributed by atoms with Crippen molar-refractivity contribution in [2.45, 2.75) is 32.2 Å². The van der Waals surface area contributed by atoms with Gasteiger partial charge in [0.05, 0.1) is 6.04 Å². The lowest BCUT2D eigenvalue weighted by Crippen LogP contribution is -2.37. The largest absolute Gasteiger partial charge is 0.484 e. The lowest BCUT2D eigenvalue weighted by Gasteiger charge is -2.23. The van der Waals surface area contributed by atoms with Gasteiger partial charge in [-0.1, -0.05) is 63.2 Å². The summed E-state index contributed by atoms with van der Waals surface area (Å²) in [5.74, 6) is 0.581. The van der Waals surface area contributed by atoms with Crippen molar-refractivity contribution in [2.24, 2.45) is 0 Å². The van der Waals surface area contributed by atoms with Crippen molar-refractivity contribution in [3.8, 4) is 5.75 Å². The average Bonchev–Trinajstić information content (AvgIpc) is 2.59. The zero-order valence-electron chi connectivity index (χ0n) is 16.5. The molecule has 0 saturated heterocycles. The van der Waals surface area contributed by atoms with Gasteiger partial charge in [-0.3, -0.25) is 4.79 Å². The van der Waals surface area contributed by atoms with E-state index >= 15 is 0 Å². The van der Waals surface area contributed by atoms with Crippen molar-refractivity contribution < 1.29 is 9.53 Å². The van der Waals surface area contributed by atoms with E-state index in [9.17, 15) is 4.79 Å². The van der Waals surface area contributed by atoms with Gasteiger partial charge in [-0.05, 0) is 42.8 Å². The van der Waals surface area contributed by atoms with E-state index in [1.807, 2.05) is 68.7 Å². The number of carbonyl (C=O) groups is 1. The van der Waals surface area contributed by atoms with Gasteiger partial charge in [0.25, 0.3) is 5.91 Å². The molecule has 2 aromatic carbocycles. The number of benzene rings is 2. The Bertz CT molecular complexity index is 688. The Kier molecular flexibility index (Phi) is 6.81. The average molecular weight is 354 g/mol. The fourth-order valence-corrected chi connectivity index (χ4v) is 2.72. The number of ether oxygens (including phenoxy) is 1. The van der Waals surface area contributed by atoms with E-state index in [2.05, 4.69) is 31.0 Å². The first kappa shape index (κ1) is 20.0. The predicted octanol–water partition coefficient (Wildman–Crippen LogP) is 3.78. The molecule has 2 rings (SSSR count). The van der Waals surface area contributed by atoms with Crippen LogP contribution in [0.1, 0.15) is 37.9 Å². The molecular formula is C22H30N2O2. The maximum atomic E-state index is 12.4. The molecule has 0 fully saturated rings. The Morgan fingerprint density at radius 1 is 1.04 bits per heavy atom. The number of amides is 1. The van der Waals surface area contributed by atoms with Gasteiger partial charge in [0.15, 0.2) is 6.61 Å². The van der Waals surface area contributed by atoms with Crippen LogP contribution in [0.4, 0.5) is 0 Å². The first-order chi connectivity index (χ1) is 12.3. The maximum Gasteiger partial charge on any atom is 0.258 e. The third kappa shape index (κ3) is 6.19. The molecule has 4 nitrogen and oxygen atoms in total. The summed E-state index contributed by atoms with van der Waals surface area (Å²) in [5, 5.41) is 3.06. The van der Waals surface area contributed by atoms with Crippen molar-refractivity contribution in [1.82, 2.24) is 10.2 Å². The Hall–Kier alpha value is -2.33. The Labute approximate surface area is 157 Å². The van der Waals surface area contributed by atoms with Gasteiger partial charge in [-0.2, -0.15) is 0 Å². The van der Waals surface area contributed by atoms with Gasteiger partial charge in [0.2, 0.25) is 0 Å². The number of nitrogens with zero attached hydrogens (tertiary/aromatic N) is 1. The molecule has 0 aliphatic heterocycles. The van der Waals surface area contributed by atoms with E-state index in [1.165, 1.54) is 5.56 Å². The molecule has 1 N–H and O–H groups in total.